The number of carbonyl (C=O) groups is 3. The number of nitrogens with zero attached hydrogens (tertiary/aromatic N) is 1. The Labute approximate surface area is 184 Å². The van der Waals surface area contributed by atoms with Gasteiger partial charge in [0.15, 0.2) is 0 Å². The van der Waals surface area contributed by atoms with E-state index in [1.54, 1.807) is 37.3 Å². The van der Waals surface area contributed by atoms with Crippen LogP contribution in [-0.4, -0.2) is 33.7 Å². The third-order valence-electron chi connectivity index (χ3n) is 5.12. The van der Waals surface area contributed by atoms with Gasteiger partial charge in [0.05, 0.1) is 11.2 Å². The van der Waals surface area contributed by atoms with Crippen LogP contribution in [-0.2, 0) is 9.59 Å². The molecule has 8 heteroatoms. The molecular weight excluding hydrogens is 406 g/mol. The zero-order chi connectivity index (χ0) is 22.8. The van der Waals surface area contributed by atoms with Crippen LogP contribution in [0.3, 0.4) is 0 Å². The molecule has 0 spiro atoms. The molecule has 0 saturated carbocycles. The number of aromatic nitrogens is 2. The monoisotopic (exact) mass is 429 g/mol. The second kappa shape index (κ2) is 8.50. The first-order valence-electron chi connectivity index (χ1n) is 10.2. The van der Waals surface area contributed by atoms with Gasteiger partial charge in [-0.1, -0.05) is 18.2 Å². The van der Waals surface area contributed by atoms with E-state index in [2.05, 4.69) is 25.9 Å². The summed E-state index contributed by atoms with van der Waals surface area (Å²) in [6.07, 6.45) is 0. The molecule has 4 N–H and O–H groups in total. The molecule has 3 amide bonds. The first-order valence-corrected chi connectivity index (χ1v) is 10.2. The predicted octanol–water partition coefficient (Wildman–Crippen LogP) is 3.74. The summed E-state index contributed by atoms with van der Waals surface area (Å²) in [5, 5.41) is 10.0. The van der Waals surface area contributed by atoms with Crippen molar-refractivity contribution in [3.05, 3.63) is 66.0 Å². The Kier molecular flexibility index (Phi) is 5.59. The van der Waals surface area contributed by atoms with Crippen molar-refractivity contribution >= 4 is 50.9 Å². The lowest BCUT2D eigenvalue weighted by Crippen LogP contribution is -2.41. The van der Waals surface area contributed by atoms with E-state index >= 15 is 0 Å². The number of hydrogen-bond acceptors (Lipinski definition) is 4. The summed E-state index contributed by atoms with van der Waals surface area (Å²) < 4.78 is 0. The SMILES string of the molecule is CC(=O)Nc1ccc(NC(=O)C(C)NC(=O)c2cc3c([nH]c4ccccc43)c(C)n2)cc1. The van der Waals surface area contributed by atoms with Gasteiger partial charge in [0.1, 0.15) is 11.7 Å². The second-order valence-corrected chi connectivity index (χ2v) is 7.63. The predicted molar refractivity (Wildman–Crippen MR) is 125 cm³/mol. The molecule has 0 saturated heterocycles. The van der Waals surface area contributed by atoms with Gasteiger partial charge in [0.25, 0.3) is 5.91 Å². The van der Waals surface area contributed by atoms with Crippen molar-refractivity contribution in [3.63, 3.8) is 0 Å². The largest absolute Gasteiger partial charge is 0.353 e. The van der Waals surface area contributed by atoms with Gasteiger partial charge in [-0.2, -0.15) is 0 Å². The molecule has 1 atom stereocenters. The van der Waals surface area contributed by atoms with Crippen LogP contribution in [0.2, 0.25) is 0 Å². The van der Waals surface area contributed by atoms with Crippen LogP contribution >= 0.6 is 0 Å². The number of pyridine rings is 1. The standard InChI is InChI=1S/C24H23N5O3/c1-13-22-19(18-6-4-5-7-20(18)29-22)12-21(25-13)24(32)26-14(2)23(31)28-17-10-8-16(9-11-17)27-15(3)30/h4-12,14,29H,1-3H3,(H,26,32)(H,27,30)(H,28,31). The highest BCUT2D eigenvalue weighted by Crippen LogP contribution is 2.27. The first kappa shape index (κ1) is 21.0. The Morgan fingerprint density at radius 3 is 2.28 bits per heavy atom. The van der Waals surface area contributed by atoms with E-state index in [1.165, 1.54) is 6.92 Å². The summed E-state index contributed by atoms with van der Waals surface area (Å²) in [4.78, 5) is 44.2. The third kappa shape index (κ3) is 4.29. The van der Waals surface area contributed by atoms with Crippen LogP contribution in [0.25, 0.3) is 21.8 Å². The maximum Gasteiger partial charge on any atom is 0.270 e. The van der Waals surface area contributed by atoms with Crippen LogP contribution < -0.4 is 16.0 Å². The second-order valence-electron chi connectivity index (χ2n) is 7.63. The molecule has 2 aromatic carbocycles. The number of benzene rings is 2. The van der Waals surface area contributed by atoms with Gasteiger partial charge in [-0.3, -0.25) is 14.4 Å². The number of rotatable bonds is 5. The zero-order valence-corrected chi connectivity index (χ0v) is 17.9. The maximum absolute atomic E-state index is 12.8. The van der Waals surface area contributed by atoms with Crippen molar-refractivity contribution in [2.45, 2.75) is 26.8 Å². The lowest BCUT2D eigenvalue weighted by Gasteiger charge is -2.14. The number of nitrogens with one attached hydrogen (secondary N) is 4. The van der Waals surface area contributed by atoms with E-state index in [1.807, 2.05) is 31.2 Å². The van der Waals surface area contributed by atoms with E-state index in [0.717, 1.165) is 21.8 Å². The molecule has 0 aliphatic rings. The fraction of sp³-hybridized carbons (Fsp3) is 0.167. The van der Waals surface area contributed by atoms with Crippen molar-refractivity contribution in [1.29, 1.82) is 0 Å². The van der Waals surface area contributed by atoms with E-state index < -0.39 is 11.9 Å². The van der Waals surface area contributed by atoms with Crippen molar-refractivity contribution in [1.82, 2.24) is 15.3 Å². The number of H-pyrrole nitrogens is 1. The van der Waals surface area contributed by atoms with Gasteiger partial charge < -0.3 is 20.9 Å². The molecule has 4 rings (SSSR count). The summed E-state index contributed by atoms with van der Waals surface area (Å²) in [6, 6.07) is 15.5. The number of amides is 3. The van der Waals surface area contributed by atoms with Crippen molar-refractivity contribution in [2.75, 3.05) is 10.6 Å². The Morgan fingerprint density at radius 2 is 1.59 bits per heavy atom. The van der Waals surface area contributed by atoms with Crippen molar-refractivity contribution in [2.24, 2.45) is 0 Å². The lowest BCUT2D eigenvalue weighted by atomic mass is 10.1. The number of aromatic amines is 1. The molecule has 2 aromatic heterocycles. The number of fused-ring (bicyclic) bond motifs is 3. The summed E-state index contributed by atoms with van der Waals surface area (Å²) in [7, 11) is 0. The van der Waals surface area contributed by atoms with Gasteiger partial charge in [-0.25, -0.2) is 4.98 Å². The van der Waals surface area contributed by atoms with Crippen LogP contribution in [0, 0.1) is 6.92 Å². The van der Waals surface area contributed by atoms with Gasteiger partial charge in [0, 0.05) is 34.6 Å². The quantitative estimate of drug-likeness (QED) is 0.387. The minimum absolute atomic E-state index is 0.173. The normalized spacial score (nSPS) is 11.8. The topological polar surface area (TPSA) is 116 Å². The summed E-state index contributed by atoms with van der Waals surface area (Å²) >= 11 is 0. The number of para-hydroxylation sites is 1. The van der Waals surface area contributed by atoms with Crippen LogP contribution in [0.15, 0.2) is 54.6 Å². The smallest absolute Gasteiger partial charge is 0.270 e. The minimum Gasteiger partial charge on any atom is -0.353 e. The van der Waals surface area contributed by atoms with Crippen LogP contribution in [0.5, 0.6) is 0 Å². The average Bonchev–Trinajstić information content (AvgIpc) is 3.14. The third-order valence-corrected chi connectivity index (χ3v) is 5.12. The Balaban J connectivity index is 1.47. The molecule has 8 nitrogen and oxygen atoms in total. The highest BCUT2D eigenvalue weighted by atomic mass is 16.2. The molecule has 0 aliphatic carbocycles. The van der Waals surface area contributed by atoms with Gasteiger partial charge in [-0.15, -0.1) is 0 Å². The molecular formula is C24H23N5O3. The van der Waals surface area contributed by atoms with E-state index in [9.17, 15) is 14.4 Å². The average molecular weight is 429 g/mol. The first-order chi connectivity index (χ1) is 15.3. The van der Waals surface area contributed by atoms with Gasteiger partial charge in [0.2, 0.25) is 11.8 Å². The number of hydrogen-bond donors (Lipinski definition) is 4. The van der Waals surface area contributed by atoms with Gasteiger partial charge >= 0.3 is 0 Å². The lowest BCUT2D eigenvalue weighted by molar-refractivity contribution is -0.117. The van der Waals surface area contributed by atoms with Crippen molar-refractivity contribution in [3.8, 4) is 0 Å². The molecule has 0 radical (unpaired) electrons. The highest BCUT2D eigenvalue weighted by molar-refractivity contribution is 6.10. The molecule has 0 bridgehead atoms. The molecule has 4 aromatic rings. The van der Waals surface area contributed by atoms with Gasteiger partial charge in [-0.05, 0) is 50.2 Å². The Hall–Kier alpha value is -4.20. The van der Waals surface area contributed by atoms with Crippen LogP contribution in [0.1, 0.15) is 30.0 Å². The van der Waals surface area contributed by atoms with Crippen LogP contribution in [0.4, 0.5) is 11.4 Å². The number of carbonyl (C=O) groups excluding carboxylic acids is 3. The van der Waals surface area contributed by atoms with E-state index in [-0.39, 0.29) is 17.5 Å². The zero-order valence-electron chi connectivity index (χ0n) is 17.9. The molecule has 1 unspecified atom stereocenters. The molecule has 32 heavy (non-hydrogen) atoms. The van der Waals surface area contributed by atoms with E-state index in [4.69, 9.17) is 0 Å². The maximum atomic E-state index is 12.8. The number of anilines is 2. The molecule has 162 valence electrons. The molecule has 0 fully saturated rings. The fourth-order valence-electron chi connectivity index (χ4n) is 3.55. The molecule has 0 aliphatic heterocycles. The molecule has 2 heterocycles. The summed E-state index contributed by atoms with van der Waals surface area (Å²) in [5.74, 6) is -0.966. The van der Waals surface area contributed by atoms with Crippen molar-refractivity contribution < 1.29 is 14.4 Å². The Morgan fingerprint density at radius 1 is 0.938 bits per heavy atom. The summed E-state index contributed by atoms with van der Waals surface area (Å²) in [5.41, 5.74) is 4.00. The minimum atomic E-state index is -0.779. The van der Waals surface area contributed by atoms with E-state index in [0.29, 0.717) is 17.1 Å². The number of aryl methyl sites for hydroxylation is 1. The highest BCUT2D eigenvalue weighted by Gasteiger charge is 2.19. The Bertz CT molecular complexity index is 1340. The summed E-state index contributed by atoms with van der Waals surface area (Å²) in [6.45, 7) is 4.87. The fourth-order valence-corrected chi connectivity index (χ4v) is 3.55.